The zero-order chi connectivity index (χ0) is 58.0. The van der Waals surface area contributed by atoms with Crippen molar-refractivity contribution in [1.29, 1.82) is 0 Å². The first kappa shape index (κ1) is 52.4. The second-order valence-corrected chi connectivity index (χ2v) is 32.9. The Hall–Kier alpha value is -6.20. The molecule has 1 fully saturated rings. The lowest BCUT2D eigenvalue weighted by atomic mass is 9.33. The summed E-state index contributed by atoms with van der Waals surface area (Å²) < 4.78 is 7.05. The van der Waals surface area contributed by atoms with Gasteiger partial charge in [0.2, 0.25) is 0 Å². The lowest BCUT2D eigenvalue weighted by Gasteiger charge is -2.52. The summed E-state index contributed by atoms with van der Waals surface area (Å²) in [5.74, 6) is 0. The Morgan fingerprint density at radius 2 is 0.988 bits per heavy atom. The van der Waals surface area contributed by atoms with E-state index in [2.05, 4.69) is 236 Å². The molecule has 3 atom stereocenters. The topological polar surface area (TPSA) is 22.9 Å². The van der Waals surface area contributed by atoms with E-state index in [1.54, 1.807) is 5.56 Å². The summed E-state index contributed by atoms with van der Waals surface area (Å²) in [5, 5.41) is 2.35. The van der Waals surface area contributed by atoms with Gasteiger partial charge in [-0.05, 0) is 230 Å². The van der Waals surface area contributed by atoms with Gasteiger partial charge in [-0.2, -0.15) is 0 Å². The van der Waals surface area contributed by atoms with Gasteiger partial charge in [0.15, 0.2) is 0 Å². The molecule has 0 N–H and O–H groups in total. The van der Waals surface area contributed by atoms with Gasteiger partial charge in [0.1, 0.15) is 11.2 Å². The molecule has 7 aromatic carbocycles. The predicted octanol–water partition coefficient (Wildman–Crippen LogP) is 19.4. The lowest BCUT2D eigenvalue weighted by molar-refractivity contribution is 0.195. The number of aryl methyl sites for hydroxylation is 1. The third-order valence-corrected chi connectivity index (χ3v) is 24.7. The number of benzene rings is 7. The number of rotatable bonds is 1. The Morgan fingerprint density at radius 3 is 1.69 bits per heavy atom. The molecule has 424 valence electrons. The molecule has 83 heavy (non-hydrogen) atoms. The van der Waals surface area contributed by atoms with Gasteiger partial charge in [0, 0.05) is 67.1 Å². The van der Waals surface area contributed by atoms with Crippen LogP contribution in [0.5, 0.6) is 0 Å². The van der Waals surface area contributed by atoms with Crippen molar-refractivity contribution in [2.24, 2.45) is 0 Å². The molecule has 1 saturated carbocycles. The third kappa shape index (κ3) is 6.67. The van der Waals surface area contributed by atoms with E-state index in [1.807, 2.05) is 0 Å². The minimum absolute atomic E-state index is 0.00591. The Labute approximate surface area is 496 Å². The molecule has 5 heteroatoms. The average Bonchev–Trinajstić information content (AvgIpc) is 1.71. The molecular formula is C78H88BN3O. The second-order valence-electron chi connectivity index (χ2n) is 32.9. The lowest BCUT2D eigenvalue weighted by Crippen LogP contribution is -2.62. The molecule has 1 aromatic heterocycles. The van der Waals surface area contributed by atoms with Gasteiger partial charge in [-0.1, -0.05) is 159 Å². The van der Waals surface area contributed by atoms with E-state index in [9.17, 15) is 0 Å². The summed E-state index contributed by atoms with van der Waals surface area (Å²) in [5.41, 5.74) is 31.0. The van der Waals surface area contributed by atoms with Crippen molar-refractivity contribution < 1.29 is 4.42 Å². The molecule has 4 aliphatic heterocycles. The van der Waals surface area contributed by atoms with Gasteiger partial charge in [-0.25, -0.2) is 0 Å². The number of anilines is 8. The van der Waals surface area contributed by atoms with E-state index in [0.29, 0.717) is 0 Å². The fraction of sp³-hybridized carbons (Fsp3) is 0.462. The molecule has 5 heterocycles. The number of hydrogen-bond acceptors (Lipinski definition) is 4. The van der Waals surface area contributed by atoms with Crippen LogP contribution in [0.1, 0.15) is 231 Å². The van der Waals surface area contributed by atoms with Crippen molar-refractivity contribution in [3.05, 3.63) is 159 Å². The number of para-hydroxylation sites is 1. The first-order valence-electron chi connectivity index (χ1n) is 32.2. The highest BCUT2D eigenvalue weighted by Crippen LogP contribution is 2.65. The minimum Gasteiger partial charge on any atom is -0.456 e. The number of furan rings is 1. The molecule has 3 unspecified atom stereocenters. The predicted molar refractivity (Wildman–Crippen MR) is 353 cm³/mol. The van der Waals surface area contributed by atoms with Crippen LogP contribution in [0.25, 0.3) is 21.9 Å². The smallest absolute Gasteiger partial charge is 0.252 e. The highest BCUT2D eigenvalue weighted by Gasteiger charge is 2.60. The zero-order valence-corrected chi connectivity index (χ0v) is 53.2. The molecule has 4 nitrogen and oxygen atoms in total. The maximum Gasteiger partial charge on any atom is 0.252 e. The van der Waals surface area contributed by atoms with E-state index in [0.717, 1.165) is 43.3 Å². The van der Waals surface area contributed by atoms with Crippen molar-refractivity contribution in [2.45, 2.75) is 231 Å². The standard InChI is InChI=1S/C78H88BN3O/c1-45-34-52-57-42-61(45)81-63-38-49-48-22-18-19-23-67(48)83-68(49)44-60(63)79-59-40-54-55(74(11,12)31-30-73(54,9)10)41-64(59)80(46-24-25-50-53(35-46)72(7,8)29-28-71(50,5)6)65-36-47(37-66(81)69(65)79)82-62-43-56(76(57,15)33-32-75(52,13)14)51(70(2,3)4)39-58(62)77(16)26-20-21-27-78(77,82)17/h18-19,22-25,34-44H,20-21,26-33H2,1-17H3. The van der Waals surface area contributed by atoms with Gasteiger partial charge >= 0.3 is 0 Å². The maximum atomic E-state index is 7.05. The summed E-state index contributed by atoms with van der Waals surface area (Å²) in [4.78, 5) is 8.54. The fourth-order valence-corrected chi connectivity index (χ4v) is 19.0. The van der Waals surface area contributed by atoms with E-state index in [1.165, 1.54) is 155 Å². The van der Waals surface area contributed by atoms with Gasteiger partial charge in [0.05, 0.1) is 5.54 Å². The summed E-state index contributed by atoms with van der Waals surface area (Å²) in [6.07, 6.45) is 11.7. The molecule has 6 bridgehead atoms. The molecule has 8 aliphatic rings. The Kier molecular flexibility index (Phi) is 10.1. The molecule has 0 amide bonds. The summed E-state index contributed by atoms with van der Waals surface area (Å²) in [6, 6.07) is 43.3. The largest absolute Gasteiger partial charge is 0.456 e. The van der Waals surface area contributed by atoms with Crippen molar-refractivity contribution in [3.63, 3.8) is 0 Å². The molecule has 0 saturated heterocycles. The van der Waals surface area contributed by atoms with E-state index in [-0.39, 0.29) is 55.6 Å². The number of nitrogens with zero attached hydrogens (tertiary/aromatic N) is 3. The van der Waals surface area contributed by atoms with Gasteiger partial charge < -0.3 is 19.1 Å². The Morgan fingerprint density at radius 1 is 0.422 bits per heavy atom. The fourth-order valence-electron chi connectivity index (χ4n) is 19.0. The van der Waals surface area contributed by atoms with Gasteiger partial charge in [-0.3, -0.25) is 0 Å². The Bertz CT molecular complexity index is 4230. The minimum atomic E-state index is -0.241. The molecule has 4 aliphatic carbocycles. The normalized spacial score (nSPS) is 25.7. The average molecular weight is 1090 g/mol. The van der Waals surface area contributed by atoms with Crippen LogP contribution in [0, 0.1) is 6.92 Å². The van der Waals surface area contributed by atoms with E-state index >= 15 is 0 Å². The summed E-state index contributed by atoms with van der Waals surface area (Å²) in [6.45, 7) is 42.9. The van der Waals surface area contributed by atoms with Crippen molar-refractivity contribution in [2.75, 3.05) is 14.7 Å². The summed E-state index contributed by atoms with van der Waals surface area (Å²) >= 11 is 0. The second kappa shape index (κ2) is 16.0. The van der Waals surface area contributed by atoms with Crippen LogP contribution in [0.15, 0.2) is 108 Å². The Balaban J connectivity index is 1.11. The van der Waals surface area contributed by atoms with E-state index < -0.39 is 0 Å². The van der Waals surface area contributed by atoms with Crippen LogP contribution in [0.4, 0.5) is 45.5 Å². The van der Waals surface area contributed by atoms with Crippen molar-refractivity contribution in [1.82, 2.24) is 0 Å². The quantitative estimate of drug-likeness (QED) is 0.153. The highest BCUT2D eigenvalue weighted by atomic mass is 16.3. The highest BCUT2D eigenvalue weighted by molar-refractivity contribution is 7.00. The monoisotopic (exact) mass is 1090 g/mol. The first-order chi connectivity index (χ1) is 39.0. The van der Waals surface area contributed by atoms with Crippen molar-refractivity contribution in [3.8, 4) is 0 Å². The van der Waals surface area contributed by atoms with E-state index in [4.69, 9.17) is 4.42 Å². The maximum absolute atomic E-state index is 7.05. The SMILES string of the molecule is Cc1cc2c3cc1N1c4cc5c(cc4B4c6cc7c(cc6N(c6ccc8c(c6)C(C)(C)CCC8(C)C)c6cc(cc1c64)N1c4cc(c(C(C)(C)C)cc4C4(C)CCCCC14C)C3(C)CCC2(C)C)C(C)(C)CCC7(C)C)oc1ccccc15. The number of hydrogen-bond donors (Lipinski definition) is 0. The first-order valence-corrected chi connectivity index (χ1v) is 32.2. The molecular weight excluding hydrogens is 1010 g/mol. The van der Waals surface area contributed by atoms with Crippen LogP contribution >= 0.6 is 0 Å². The number of fused-ring (bicyclic) bond motifs is 19. The third-order valence-electron chi connectivity index (χ3n) is 24.7. The molecule has 0 spiro atoms. The molecule has 16 rings (SSSR count). The van der Waals surface area contributed by atoms with Gasteiger partial charge in [0.25, 0.3) is 6.71 Å². The zero-order valence-electron chi connectivity index (χ0n) is 53.2. The van der Waals surface area contributed by atoms with Crippen molar-refractivity contribution >= 4 is 90.5 Å². The van der Waals surface area contributed by atoms with Crippen LogP contribution < -0.4 is 31.1 Å². The molecule has 8 aromatic rings. The van der Waals surface area contributed by atoms with Crippen LogP contribution in [-0.2, 0) is 43.3 Å². The van der Waals surface area contributed by atoms with Crippen LogP contribution in [-0.4, -0.2) is 12.3 Å². The van der Waals surface area contributed by atoms with Crippen LogP contribution in [0.3, 0.4) is 0 Å². The van der Waals surface area contributed by atoms with Crippen LogP contribution in [0.2, 0.25) is 0 Å². The van der Waals surface area contributed by atoms with Gasteiger partial charge in [-0.15, -0.1) is 0 Å². The summed E-state index contributed by atoms with van der Waals surface area (Å²) in [7, 11) is 0. The molecule has 0 radical (unpaired) electrons.